The Balaban J connectivity index is 4.24. The molecule has 0 radical (unpaired) electrons. The summed E-state index contributed by atoms with van der Waals surface area (Å²) in [4.78, 5) is 9.45. The zero-order valence-corrected chi connectivity index (χ0v) is 9.47. The van der Waals surface area contributed by atoms with Gasteiger partial charge in [0.25, 0.3) is 0 Å². The van der Waals surface area contributed by atoms with Crippen molar-refractivity contribution in [2.24, 2.45) is 0 Å². The fourth-order valence-corrected chi connectivity index (χ4v) is 1.17. The van der Waals surface area contributed by atoms with Crippen LogP contribution in [0.5, 0.6) is 0 Å². The molecule has 0 aliphatic carbocycles. The summed E-state index contributed by atoms with van der Waals surface area (Å²) >= 11 is 0. The van der Waals surface area contributed by atoms with Crippen LogP contribution in [0.3, 0.4) is 0 Å². The van der Waals surface area contributed by atoms with Gasteiger partial charge in [0.05, 0.1) is 13.5 Å². The van der Waals surface area contributed by atoms with Crippen molar-refractivity contribution in [1.29, 1.82) is 0 Å². The molecule has 0 spiro atoms. The molecule has 0 bridgehead atoms. The van der Waals surface area contributed by atoms with Gasteiger partial charge in [0, 0.05) is 6.42 Å². The topological polar surface area (TPSA) is 69.6 Å². The van der Waals surface area contributed by atoms with Crippen molar-refractivity contribution in [1.82, 2.24) is 0 Å². The van der Waals surface area contributed by atoms with Crippen molar-refractivity contribution in [2.75, 3.05) is 7.11 Å². The number of carbonyl (C=O) groups excluding carboxylic acids is 1. The molecule has 0 aromatic heterocycles. The van der Waals surface area contributed by atoms with Crippen molar-refractivity contribution in [3.05, 3.63) is 17.9 Å². The number of rotatable bonds is 6. The monoisotopic (exact) mass is 217 g/mol. The Morgan fingerprint density at radius 1 is 1.67 bits per heavy atom. The first-order valence-electron chi connectivity index (χ1n) is 4.87. The highest BCUT2D eigenvalue weighted by Gasteiger charge is 2.28. The van der Waals surface area contributed by atoms with Crippen LogP contribution in [0.25, 0.3) is 0 Å². The van der Waals surface area contributed by atoms with E-state index in [2.05, 4.69) is 11.3 Å². The zero-order valence-electron chi connectivity index (χ0n) is 9.47. The minimum Gasteiger partial charge on any atom is -0.598 e. The summed E-state index contributed by atoms with van der Waals surface area (Å²) in [5, 5.41) is 21.3. The molecule has 3 unspecified atom stereocenters. The number of methoxy groups -OCH3 is 1. The van der Waals surface area contributed by atoms with E-state index in [1.807, 2.05) is 0 Å². The molecule has 0 aliphatic heterocycles. The SMILES string of the molecule is C=CC(C)[N+]([O-])(O)C(C)CCC(=O)OC. The Morgan fingerprint density at radius 3 is 2.60 bits per heavy atom. The third-order valence-electron chi connectivity index (χ3n) is 2.55. The number of esters is 1. The standard InChI is InChI=1S/C10H19NO4/c1-5-8(2)11(13,14)9(3)6-7-10(12)15-4/h5,8-9,13H,1,6-7H2,2-4H3. The van der Waals surface area contributed by atoms with Gasteiger partial charge in [-0.3, -0.25) is 4.79 Å². The molecule has 0 fully saturated rings. The van der Waals surface area contributed by atoms with Crippen molar-refractivity contribution in [2.45, 2.75) is 38.8 Å². The Morgan fingerprint density at radius 2 is 2.20 bits per heavy atom. The molecule has 15 heavy (non-hydrogen) atoms. The molecule has 3 atom stereocenters. The summed E-state index contributed by atoms with van der Waals surface area (Å²) in [6, 6.07) is -1.20. The second kappa shape index (κ2) is 5.85. The van der Waals surface area contributed by atoms with E-state index in [0.29, 0.717) is 0 Å². The van der Waals surface area contributed by atoms with Gasteiger partial charge < -0.3 is 9.94 Å². The fourth-order valence-electron chi connectivity index (χ4n) is 1.17. The highest BCUT2D eigenvalue weighted by atomic mass is 16.8. The van der Waals surface area contributed by atoms with Crippen molar-refractivity contribution < 1.29 is 19.5 Å². The number of hydroxylamine groups is 4. The first-order valence-corrected chi connectivity index (χ1v) is 4.87. The lowest BCUT2D eigenvalue weighted by molar-refractivity contribution is -1.09. The van der Waals surface area contributed by atoms with Crippen LogP contribution in [0, 0.1) is 5.21 Å². The summed E-state index contributed by atoms with van der Waals surface area (Å²) in [6.45, 7) is 6.62. The van der Waals surface area contributed by atoms with Crippen LogP contribution in [0.2, 0.25) is 0 Å². The van der Waals surface area contributed by atoms with Crippen LogP contribution in [0.1, 0.15) is 26.7 Å². The maximum Gasteiger partial charge on any atom is 0.305 e. The number of hydrogen-bond acceptors (Lipinski definition) is 4. The summed E-state index contributed by atoms with van der Waals surface area (Å²) in [6.07, 6.45) is 1.80. The zero-order chi connectivity index (χ0) is 12.1. The smallest absolute Gasteiger partial charge is 0.305 e. The van der Waals surface area contributed by atoms with E-state index in [-0.39, 0.29) is 18.8 Å². The Hall–Kier alpha value is -0.910. The molecule has 88 valence electrons. The second-order valence-electron chi connectivity index (χ2n) is 3.61. The Kier molecular flexibility index (Phi) is 5.49. The average Bonchev–Trinajstić information content (AvgIpc) is 2.23. The summed E-state index contributed by atoms with van der Waals surface area (Å²) in [5.74, 6) is -0.381. The first kappa shape index (κ1) is 14.1. The normalized spacial score (nSPS) is 18.7. The van der Waals surface area contributed by atoms with E-state index in [0.717, 1.165) is 0 Å². The molecular formula is C10H19NO4. The van der Waals surface area contributed by atoms with E-state index in [1.54, 1.807) is 13.8 Å². The van der Waals surface area contributed by atoms with Crippen LogP contribution < -0.4 is 0 Å². The molecular weight excluding hydrogens is 198 g/mol. The highest BCUT2D eigenvalue weighted by molar-refractivity contribution is 5.69. The number of hydrogen-bond donors (Lipinski definition) is 1. The molecule has 0 heterocycles. The predicted octanol–water partition coefficient (Wildman–Crippen LogP) is 1.61. The van der Waals surface area contributed by atoms with E-state index in [4.69, 9.17) is 0 Å². The van der Waals surface area contributed by atoms with Crippen molar-refractivity contribution >= 4 is 5.97 Å². The van der Waals surface area contributed by atoms with Crippen LogP contribution in [0.15, 0.2) is 12.7 Å². The van der Waals surface area contributed by atoms with Gasteiger partial charge in [-0.05, 0) is 19.9 Å². The average molecular weight is 217 g/mol. The third kappa shape index (κ3) is 3.99. The minimum atomic E-state index is -1.40. The summed E-state index contributed by atoms with van der Waals surface area (Å²) in [7, 11) is 1.29. The van der Waals surface area contributed by atoms with E-state index >= 15 is 0 Å². The highest BCUT2D eigenvalue weighted by Crippen LogP contribution is 2.18. The molecule has 5 heteroatoms. The molecule has 0 aromatic rings. The summed E-state index contributed by atoms with van der Waals surface area (Å²) < 4.78 is 4.45. The molecule has 0 rings (SSSR count). The number of quaternary nitrogens is 1. The van der Waals surface area contributed by atoms with Crippen LogP contribution in [0.4, 0.5) is 0 Å². The van der Waals surface area contributed by atoms with Gasteiger partial charge in [-0.15, -0.1) is 0 Å². The Labute approximate surface area is 90.1 Å². The van der Waals surface area contributed by atoms with Gasteiger partial charge in [-0.25, -0.2) is 10.0 Å². The van der Waals surface area contributed by atoms with Crippen LogP contribution in [-0.2, 0) is 9.53 Å². The van der Waals surface area contributed by atoms with Gasteiger partial charge in [-0.1, -0.05) is 6.58 Å². The summed E-state index contributed by atoms with van der Waals surface area (Å²) in [5.41, 5.74) is 0. The Bertz CT molecular complexity index is 227. The molecule has 5 nitrogen and oxygen atoms in total. The third-order valence-corrected chi connectivity index (χ3v) is 2.55. The molecule has 0 saturated carbocycles. The minimum absolute atomic E-state index is 0.129. The molecule has 1 N–H and O–H groups in total. The predicted molar refractivity (Wildman–Crippen MR) is 55.8 cm³/mol. The van der Waals surface area contributed by atoms with Crippen LogP contribution >= 0.6 is 0 Å². The maximum atomic E-state index is 11.7. The van der Waals surface area contributed by atoms with E-state index in [1.165, 1.54) is 13.2 Å². The number of nitrogens with zero attached hydrogens (tertiary/aromatic N) is 1. The van der Waals surface area contributed by atoms with E-state index < -0.39 is 16.9 Å². The molecule has 0 aromatic carbocycles. The van der Waals surface area contributed by atoms with Gasteiger partial charge in [0.1, 0.15) is 12.1 Å². The van der Waals surface area contributed by atoms with E-state index in [9.17, 15) is 15.2 Å². The van der Waals surface area contributed by atoms with Gasteiger partial charge >= 0.3 is 5.97 Å². The largest absolute Gasteiger partial charge is 0.598 e. The quantitative estimate of drug-likeness (QED) is 0.317. The van der Waals surface area contributed by atoms with Gasteiger partial charge in [0.15, 0.2) is 0 Å². The van der Waals surface area contributed by atoms with Crippen molar-refractivity contribution in [3.63, 3.8) is 0 Å². The lowest BCUT2D eigenvalue weighted by Crippen LogP contribution is -2.51. The lowest BCUT2D eigenvalue weighted by Gasteiger charge is -2.42. The number of ether oxygens (including phenoxy) is 1. The van der Waals surface area contributed by atoms with Crippen LogP contribution in [-0.4, -0.2) is 35.2 Å². The lowest BCUT2D eigenvalue weighted by atomic mass is 10.1. The first-order chi connectivity index (χ1) is 6.86. The van der Waals surface area contributed by atoms with Crippen molar-refractivity contribution in [3.8, 4) is 0 Å². The van der Waals surface area contributed by atoms with Gasteiger partial charge in [0.2, 0.25) is 0 Å². The maximum absolute atomic E-state index is 11.7. The molecule has 0 aliphatic rings. The second-order valence-corrected chi connectivity index (χ2v) is 3.61. The fraction of sp³-hybridized carbons (Fsp3) is 0.700. The molecule has 0 amide bonds. The van der Waals surface area contributed by atoms with Gasteiger partial charge in [-0.2, -0.15) is 0 Å². The number of carbonyl (C=O) groups is 1. The molecule has 0 saturated heterocycles.